The van der Waals surface area contributed by atoms with Crippen LogP contribution >= 0.6 is 11.6 Å². The normalized spacial score (nSPS) is 21.8. The molecule has 2 rings (SSSR count). The minimum atomic E-state index is -0.151. The van der Waals surface area contributed by atoms with Gasteiger partial charge in [0, 0.05) is 7.11 Å². The molecule has 18 heavy (non-hydrogen) atoms. The summed E-state index contributed by atoms with van der Waals surface area (Å²) in [6, 6.07) is 8.29. The van der Waals surface area contributed by atoms with Crippen molar-refractivity contribution in [3.8, 4) is 0 Å². The molecule has 0 N–H and O–H groups in total. The van der Waals surface area contributed by atoms with Gasteiger partial charge in [0.2, 0.25) is 0 Å². The minimum Gasteiger partial charge on any atom is -0.384 e. The molecule has 1 fully saturated rings. The molecule has 3 nitrogen and oxygen atoms in total. The van der Waals surface area contributed by atoms with Gasteiger partial charge in [-0.25, -0.2) is 0 Å². The van der Waals surface area contributed by atoms with E-state index in [0.717, 1.165) is 18.6 Å². The van der Waals surface area contributed by atoms with Crippen LogP contribution in [0.2, 0.25) is 0 Å². The van der Waals surface area contributed by atoms with Crippen molar-refractivity contribution in [3.05, 3.63) is 35.4 Å². The average molecular weight is 271 g/mol. The smallest absolute Gasteiger partial charge is 0.101 e. The van der Waals surface area contributed by atoms with Crippen LogP contribution in [0.5, 0.6) is 0 Å². The predicted octanol–water partition coefficient (Wildman–Crippen LogP) is 2.57. The van der Waals surface area contributed by atoms with Crippen LogP contribution in [0.4, 0.5) is 0 Å². The first-order valence-corrected chi connectivity index (χ1v) is 6.66. The molecule has 0 amide bonds. The van der Waals surface area contributed by atoms with E-state index in [4.69, 9.17) is 25.8 Å². The minimum absolute atomic E-state index is 0.0507. The molecule has 1 aliphatic rings. The number of ether oxygens (including phenoxy) is 3. The molecule has 1 heterocycles. The van der Waals surface area contributed by atoms with Crippen LogP contribution in [0.25, 0.3) is 0 Å². The van der Waals surface area contributed by atoms with Crippen molar-refractivity contribution in [2.24, 2.45) is 0 Å². The molecule has 1 aromatic rings. The van der Waals surface area contributed by atoms with E-state index >= 15 is 0 Å². The predicted molar refractivity (Wildman–Crippen MR) is 71.2 cm³/mol. The van der Waals surface area contributed by atoms with Gasteiger partial charge in [-0.15, -0.1) is 11.6 Å². The maximum absolute atomic E-state index is 6.41. The van der Waals surface area contributed by atoms with Gasteiger partial charge in [0.15, 0.2) is 0 Å². The van der Waals surface area contributed by atoms with Crippen molar-refractivity contribution in [1.29, 1.82) is 0 Å². The van der Waals surface area contributed by atoms with E-state index in [-0.39, 0.29) is 11.5 Å². The molecule has 0 spiro atoms. The van der Waals surface area contributed by atoms with Crippen molar-refractivity contribution in [2.75, 3.05) is 33.5 Å². The van der Waals surface area contributed by atoms with Crippen molar-refractivity contribution in [3.63, 3.8) is 0 Å². The summed E-state index contributed by atoms with van der Waals surface area (Å²) in [7, 11) is 1.71. The molecular weight excluding hydrogens is 252 g/mol. The number of benzene rings is 1. The van der Waals surface area contributed by atoms with E-state index in [9.17, 15) is 0 Å². The van der Waals surface area contributed by atoms with Crippen LogP contribution in [-0.2, 0) is 20.6 Å². The molecule has 4 heteroatoms. The Hall–Kier alpha value is -0.610. The lowest BCUT2D eigenvalue weighted by atomic mass is 10.0. The van der Waals surface area contributed by atoms with Crippen molar-refractivity contribution >= 4 is 11.6 Å². The van der Waals surface area contributed by atoms with E-state index in [2.05, 4.69) is 24.3 Å². The zero-order valence-electron chi connectivity index (χ0n) is 10.6. The Kier molecular flexibility index (Phi) is 5.45. The van der Waals surface area contributed by atoms with E-state index in [1.807, 2.05) is 0 Å². The van der Waals surface area contributed by atoms with Crippen LogP contribution in [0.3, 0.4) is 0 Å². The summed E-state index contributed by atoms with van der Waals surface area (Å²) in [5.74, 6) is 0. The fourth-order valence-electron chi connectivity index (χ4n) is 1.98. The molecule has 2 atom stereocenters. The zero-order chi connectivity index (χ0) is 12.8. The molecule has 0 aromatic heterocycles. The highest BCUT2D eigenvalue weighted by Crippen LogP contribution is 2.28. The van der Waals surface area contributed by atoms with Gasteiger partial charge in [-0.2, -0.15) is 0 Å². The lowest BCUT2D eigenvalue weighted by Crippen LogP contribution is -2.31. The van der Waals surface area contributed by atoms with E-state index in [0.29, 0.717) is 19.8 Å². The third-order valence-corrected chi connectivity index (χ3v) is 3.59. The van der Waals surface area contributed by atoms with Gasteiger partial charge in [0.1, 0.15) is 6.10 Å². The Morgan fingerprint density at radius 1 is 1.33 bits per heavy atom. The van der Waals surface area contributed by atoms with E-state index in [1.165, 1.54) is 5.56 Å². The summed E-state index contributed by atoms with van der Waals surface area (Å²) in [5.41, 5.74) is 2.33. The van der Waals surface area contributed by atoms with Gasteiger partial charge in [-0.1, -0.05) is 24.3 Å². The van der Waals surface area contributed by atoms with Crippen molar-refractivity contribution < 1.29 is 14.2 Å². The summed E-state index contributed by atoms with van der Waals surface area (Å²) >= 11 is 6.41. The fraction of sp³-hybridized carbons (Fsp3) is 0.571. The topological polar surface area (TPSA) is 27.7 Å². The summed E-state index contributed by atoms with van der Waals surface area (Å²) < 4.78 is 16.0. The zero-order valence-corrected chi connectivity index (χ0v) is 11.4. The Balaban J connectivity index is 1.95. The van der Waals surface area contributed by atoms with Crippen LogP contribution in [0.1, 0.15) is 16.5 Å². The number of rotatable bonds is 5. The van der Waals surface area contributed by atoms with Crippen molar-refractivity contribution in [2.45, 2.75) is 17.9 Å². The summed E-state index contributed by atoms with van der Waals surface area (Å²) in [4.78, 5) is 0. The number of methoxy groups -OCH3 is 1. The SMILES string of the molecule is COCCc1ccc(C(Cl)C2COCCO2)cc1. The Morgan fingerprint density at radius 3 is 2.72 bits per heavy atom. The number of halogens is 1. The number of hydrogen-bond acceptors (Lipinski definition) is 3. The van der Waals surface area contributed by atoms with Gasteiger partial charge < -0.3 is 14.2 Å². The van der Waals surface area contributed by atoms with Gasteiger partial charge >= 0.3 is 0 Å². The molecule has 0 aliphatic carbocycles. The number of alkyl halides is 1. The summed E-state index contributed by atoms with van der Waals surface area (Å²) in [6.07, 6.45) is 0.873. The second-order valence-electron chi connectivity index (χ2n) is 4.37. The molecular formula is C14H19ClO3. The Bertz CT molecular complexity index is 347. The third-order valence-electron chi connectivity index (χ3n) is 3.06. The maximum Gasteiger partial charge on any atom is 0.101 e. The van der Waals surface area contributed by atoms with Gasteiger partial charge in [0.05, 0.1) is 31.8 Å². The highest BCUT2D eigenvalue weighted by Gasteiger charge is 2.24. The molecule has 1 aliphatic heterocycles. The van der Waals surface area contributed by atoms with Crippen LogP contribution in [-0.4, -0.2) is 39.6 Å². The lowest BCUT2D eigenvalue weighted by molar-refractivity contribution is -0.0892. The second kappa shape index (κ2) is 7.10. The summed E-state index contributed by atoms with van der Waals surface area (Å²) in [6.45, 7) is 2.60. The fourth-order valence-corrected chi connectivity index (χ4v) is 2.27. The summed E-state index contributed by atoms with van der Waals surface area (Å²) in [5, 5.41) is -0.151. The highest BCUT2D eigenvalue weighted by molar-refractivity contribution is 6.21. The monoisotopic (exact) mass is 270 g/mol. The molecule has 0 bridgehead atoms. The first-order chi connectivity index (χ1) is 8.81. The highest BCUT2D eigenvalue weighted by atomic mass is 35.5. The molecule has 2 unspecified atom stereocenters. The molecule has 1 saturated heterocycles. The van der Waals surface area contributed by atoms with Crippen LogP contribution in [0, 0.1) is 0 Å². The van der Waals surface area contributed by atoms with Gasteiger partial charge in [-0.05, 0) is 17.5 Å². The maximum atomic E-state index is 6.41. The van der Waals surface area contributed by atoms with Crippen molar-refractivity contribution in [1.82, 2.24) is 0 Å². The van der Waals surface area contributed by atoms with E-state index < -0.39 is 0 Å². The van der Waals surface area contributed by atoms with Crippen LogP contribution < -0.4 is 0 Å². The molecule has 1 aromatic carbocycles. The van der Waals surface area contributed by atoms with Gasteiger partial charge in [-0.3, -0.25) is 0 Å². The quantitative estimate of drug-likeness (QED) is 0.770. The number of hydrogen-bond donors (Lipinski definition) is 0. The van der Waals surface area contributed by atoms with Gasteiger partial charge in [0.25, 0.3) is 0 Å². The van der Waals surface area contributed by atoms with E-state index in [1.54, 1.807) is 7.11 Å². The average Bonchev–Trinajstić information content (AvgIpc) is 2.46. The molecule has 0 radical (unpaired) electrons. The molecule has 0 saturated carbocycles. The van der Waals surface area contributed by atoms with Crippen LogP contribution in [0.15, 0.2) is 24.3 Å². The lowest BCUT2D eigenvalue weighted by Gasteiger charge is -2.27. The largest absolute Gasteiger partial charge is 0.384 e. The first kappa shape index (κ1) is 13.8. The third kappa shape index (κ3) is 3.69. The Labute approximate surface area is 113 Å². The standard InChI is InChI=1S/C14H19ClO3/c1-16-7-6-11-2-4-12(5-3-11)14(15)13-10-17-8-9-18-13/h2-5,13-14H,6-10H2,1H3. The first-order valence-electron chi connectivity index (χ1n) is 6.22. The Morgan fingerprint density at radius 2 is 2.11 bits per heavy atom. The second-order valence-corrected chi connectivity index (χ2v) is 4.84. The molecule has 100 valence electrons.